The summed E-state index contributed by atoms with van der Waals surface area (Å²) in [5.41, 5.74) is 2.51. The minimum Gasteiger partial charge on any atom is -0.339 e. The Morgan fingerprint density at radius 1 is 1.25 bits per heavy atom. The van der Waals surface area contributed by atoms with Gasteiger partial charge in [-0.25, -0.2) is 0 Å². The standard InChI is InChI=1S/C16H23N3O/c1-4-14(17-5-2)11-16-18-15(19-20-16)10-13-9-7-6-8-12(13)3/h6-9,14,17H,4-5,10-11H2,1-3H3. The lowest BCUT2D eigenvalue weighted by atomic mass is 10.1. The van der Waals surface area contributed by atoms with Crippen molar-refractivity contribution in [1.29, 1.82) is 0 Å². The predicted molar refractivity (Wildman–Crippen MR) is 79.7 cm³/mol. The first-order valence-electron chi connectivity index (χ1n) is 7.32. The Balaban J connectivity index is 2.00. The van der Waals surface area contributed by atoms with E-state index in [1.54, 1.807) is 0 Å². The van der Waals surface area contributed by atoms with Gasteiger partial charge in [-0.2, -0.15) is 4.98 Å². The lowest BCUT2D eigenvalue weighted by Crippen LogP contribution is -2.30. The number of rotatable bonds is 7. The summed E-state index contributed by atoms with van der Waals surface area (Å²) in [5.74, 6) is 1.49. The van der Waals surface area contributed by atoms with Gasteiger partial charge in [0, 0.05) is 18.9 Å². The third-order valence-electron chi connectivity index (χ3n) is 3.53. The second-order valence-corrected chi connectivity index (χ2v) is 5.07. The molecule has 20 heavy (non-hydrogen) atoms. The largest absolute Gasteiger partial charge is 0.339 e. The van der Waals surface area contributed by atoms with Crippen molar-refractivity contribution in [3.05, 3.63) is 47.1 Å². The van der Waals surface area contributed by atoms with Crippen LogP contribution in [-0.4, -0.2) is 22.7 Å². The van der Waals surface area contributed by atoms with Crippen molar-refractivity contribution >= 4 is 0 Å². The number of hydrogen-bond donors (Lipinski definition) is 1. The van der Waals surface area contributed by atoms with Crippen LogP contribution in [0.5, 0.6) is 0 Å². The van der Waals surface area contributed by atoms with E-state index in [2.05, 4.69) is 48.4 Å². The molecule has 0 bridgehead atoms. The summed E-state index contributed by atoms with van der Waals surface area (Å²) in [6, 6.07) is 8.71. The van der Waals surface area contributed by atoms with Crippen LogP contribution in [0.4, 0.5) is 0 Å². The fourth-order valence-electron chi connectivity index (χ4n) is 2.28. The molecule has 0 aliphatic heterocycles. The summed E-state index contributed by atoms with van der Waals surface area (Å²) in [6.07, 6.45) is 2.59. The normalized spacial score (nSPS) is 12.6. The molecule has 1 atom stereocenters. The molecule has 0 aliphatic carbocycles. The molecule has 0 fully saturated rings. The molecule has 0 saturated carbocycles. The monoisotopic (exact) mass is 273 g/mol. The van der Waals surface area contributed by atoms with Crippen LogP contribution in [0.15, 0.2) is 28.8 Å². The number of likely N-dealkylation sites (N-methyl/N-ethyl adjacent to an activating group) is 1. The van der Waals surface area contributed by atoms with Crippen molar-refractivity contribution < 1.29 is 4.52 Å². The minimum atomic E-state index is 0.409. The molecule has 4 nitrogen and oxygen atoms in total. The van der Waals surface area contributed by atoms with Crippen LogP contribution in [0.1, 0.15) is 43.1 Å². The van der Waals surface area contributed by atoms with Gasteiger partial charge < -0.3 is 9.84 Å². The number of benzene rings is 1. The molecule has 1 unspecified atom stereocenters. The average Bonchev–Trinajstić information content (AvgIpc) is 2.88. The third-order valence-corrected chi connectivity index (χ3v) is 3.53. The summed E-state index contributed by atoms with van der Waals surface area (Å²) in [7, 11) is 0. The van der Waals surface area contributed by atoms with Crippen LogP contribution in [0.2, 0.25) is 0 Å². The molecule has 0 radical (unpaired) electrons. The van der Waals surface area contributed by atoms with E-state index < -0.39 is 0 Å². The van der Waals surface area contributed by atoms with E-state index in [0.29, 0.717) is 6.04 Å². The lowest BCUT2D eigenvalue weighted by Gasteiger charge is -2.12. The van der Waals surface area contributed by atoms with E-state index >= 15 is 0 Å². The predicted octanol–water partition coefficient (Wildman–Crippen LogP) is 2.90. The van der Waals surface area contributed by atoms with Gasteiger partial charge in [0.15, 0.2) is 5.82 Å². The summed E-state index contributed by atoms with van der Waals surface area (Å²) < 4.78 is 5.35. The van der Waals surface area contributed by atoms with E-state index in [4.69, 9.17) is 4.52 Å². The molecule has 0 saturated heterocycles. The molecular formula is C16H23N3O. The van der Waals surface area contributed by atoms with E-state index in [-0.39, 0.29) is 0 Å². The van der Waals surface area contributed by atoms with Gasteiger partial charge in [0.2, 0.25) is 5.89 Å². The average molecular weight is 273 g/mol. The summed E-state index contributed by atoms with van der Waals surface area (Å²) in [6.45, 7) is 7.34. The molecule has 0 aliphatic rings. The summed E-state index contributed by atoms with van der Waals surface area (Å²) in [4.78, 5) is 4.50. The van der Waals surface area contributed by atoms with E-state index in [1.807, 2.05) is 12.1 Å². The second kappa shape index (κ2) is 7.20. The first-order chi connectivity index (χ1) is 9.72. The summed E-state index contributed by atoms with van der Waals surface area (Å²) >= 11 is 0. The molecule has 4 heteroatoms. The molecule has 0 amide bonds. The van der Waals surface area contributed by atoms with Crippen molar-refractivity contribution in [2.75, 3.05) is 6.54 Å². The van der Waals surface area contributed by atoms with Gasteiger partial charge in [-0.1, -0.05) is 43.3 Å². The molecule has 2 aromatic rings. The van der Waals surface area contributed by atoms with Crippen LogP contribution in [0.25, 0.3) is 0 Å². The number of aryl methyl sites for hydroxylation is 1. The van der Waals surface area contributed by atoms with Gasteiger partial charge in [-0.15, -0.1) is 0 Å². The molecule has 1 heterocycles. The fourth-order valence-corrected chi connectivity index (χ4v) is 2.28. The maximum Gasteiger partial charge on any atom is 0.228 e. The molecule has 0 spiro atoms. The molecule has 2 rings (SSSR count). The first-order valence-corrected chi connectivity index (χ1v) is 7.32. The summed E-state index contributed by atoms with van der Waals surface area (Å²) in [5, 5.41) is 7.51. The Morgan fingerprint density at radius 2 is 2.05 bits per heavy atom. The number of nitrogens with zero attached hydrogens (tertiary/aromatic N) is 2. The van der Waals surface area contributed by atoms with E-state index in [9.17, 15) is 0 Å². The Labute approximate surface area is 120 Å². The fraction of sp³-hybridized carbons (Fsp3) is 0.500. The lowest BCUT2D eigenvalue weighted by molar-refractivity contribution is 0.352. The van der Waals surface area contributed by atoms with Crippen molar-refractivity contribution in [2.45, 2.75) is 46.1 Å². The number of aromatic nitrogens is 2. The molecule has 1 aromatic carbocycles. The van der Waals surface area contributed by atoms with Gasteiger partial charge >= 0.3 is 0 Å². The quantitative estimate of drug-likeness (QED) is 0.842. The van der Waals surface area contributed by atoms with Crippen molar-refractivity contribution in [3.63, 3.8) is 0 Å². The minimum absolute atomic E-state index is 0.409. The van der Waals surface area contributed by atoms with Crippen LogP contribution in [-0.2, 0) is 12.8 Å². The van der Waals surface area contributed by atoms with Crippen LogP contribution in [0.3, 0.4) is 0 Å². The number of nitrogens with one attached hydrogen (secondary N) is 1. The maximum atomic E-state index is 5.35. The zero-order chi connectivity index (χ0) is 14.4. The molecule has 1 N–H and O–H groups in total. The maximum absolute atomic E-state index is 5.35. The number of hydrogen-bond acceptors (Lipinski definition) is 4. The van der Waals surface area contributed by atoms with Crippen molar-refractivity contribution in [1.82, 2.24) is 15.5 Å². The van der Waals surface area contributed by atoms with Gasteiger partial charge in [-0.05, 0) is 31.0 Å². The van der Waals surface area contributed by atoms with Crippen LogP contribution in [0, 0.1) is 6.92 Å². The van der Waals surface area contributed by atoms with Crippen molar-refractivity contribution in [3.8, 4) is 0 Å². The molecule has 108 valence electrons. The van der Waals surface area contributed by atoms with E-state index in [0.717, 1.165) is 37.5 Å². The van der Waals surface area contributed by atoms with E-state index in [1.165, 1.54) is 11.1 Å². The SMILES string of the molecule is CCNC(CC)Cc1nc(Cc2ccccc2C)no1. The molecule has 1 aromatic heterocycles. The molecular weight excluding hydrogens is 250 g/mol. The van der Waals surface area contributed by atoms with Gasteiger partial charge in [0.1, 0.15) is 0 Å². The van der Waals surface area contributed by atoms with Crippen LogP contribution >= 0.6 is 0 Å². The Morgan fingerprint density at radius 3 is 2.75 bits per heavy atom. The topological polar surface area (TPSA) is 51.0 Å². The first kappa shape index (κ1) is 14.7. The Bertz CT molecular complexity index is 536. The smallest absolute Gasteiger partial charge is 0.228 e. The third kappa shape index (κ3) is 3.90. The highest BCUT2D eigenvalue weighted by atomic mass is 16.5. The zero-order valence-corrected chi connectivity index (χ0v) is 12.5. The zero-order valence-electron chi connectivity index (χ0n) is 12.5. The van der Waals surface area contributed by atoms with Crippen molar-refractivity contribution in [2.24, 2.45) is 0 Å². The van der Waals surface area contributed by atoms with Crippen LogP contribution < -0.4 is 5.32 Å². The van der Waals surface area contributed by atoms with Gasteiger partial charge in [0.25, 0.3) is 0 Å². The highest BCUT2D eigenvalue weighted by Crippen LogP contribution is 2.12. The Kier molecular flexibility index (Phi) is 5.30. The highest BCUT2D eigenvalue weighted by molar-refractivity contribution is 5.27. The highest BCUT2D eigenvalue weighted by Gasteiger charge is 2.13. The Hall–Kier alpha value is -1.68. The van der Waals surface area contributed by atoms with Gasteiger partial charge in [0.05, 0.1) is 0 Å². The van der Waals surface area contributed by atoms with Gasteiger partial charge in [-0.3, -0.25) is 0 Å². The second-order valence-electron chi connectivity index (χ2n) is 5.07.